The van der Waals surface area contributed by atoms with Crippen molar-refractivity contribution in [2.24, 2.45) is 5.73 Å². The Hall–Kier alpha value is -1.35. The van der Waals surface area contributed by atoms with Gasteiger partial charge in [-0.05, 0) is 54.2 Å². The Morgan fingerprint density at radius 1 is 1.29 bits per heavy atom. The van der Waals surface area contributed by atoms with Crippen molar-refractivity contribution in [3.05, 3.63) is 69.7 Å². The monoisotopic (exact) mass is 301 g/mol. The van der Waals surface area contributed by atoms with E-state index in [2.05, 4.69) is 31.2 Å². The van der Waals surface area contributed by atoms with Crippen molar-refractivity contribution < 1.29 is 4.74 Å². The molecule has 2 nitrogen and oxygen atoms in total. The highest BCUT2D eigenvalue weighted by atomic mass is 35.5. The Balaban J connectivity index is 1.82. The highest BCUT2D eigenvalue weighted by Gasteiger charge is 2.23. The zero-order valence-corrected chi connectivity index (χ0v) is 12.9. The standard InChI is InChI=1S/C18H20ClNO/c1-12-6-7-14(19)10-16(12)17(20)11-18-15-5-3-2-4-13(15)8-9-21-18/h2-7,10,17-18H,8-9,11,20H2,1H3. The topological polar surface area (TPSA) is 35.2 Å². The number of nitrogens with two attached hydrogens (primary N) is 1. The van der Waals surface area contributed by atoms with Gasteiger partial charge in [0.2, 0.25) is 0 Å². The van der Waals surface area contributed by atoms with Crippen LogP contribution in [0.3, 0.4) is 0 Å². The summed E-state index contributed by atoms with van der Waals surface area (Å²) in [4.78, 5) is 0. The van der Waals surface area contributed by atoms with Crippen LogP contribution in [0.5, 0.6) is 0 Å². The number of hydrogen-bond donors (Lipinski definition) is 1. The second-order valence-corrected chi connectivity index (χ2v) is 6.09. The van der Waals surface area contributed by atoms with Gasteiger partial charge >= 0.3 is 0 Å². The summed E-state index contributed by atoms with van der Waals surface area (Å²) in [5.41, 5.74) is 11.4. The molecule has 0 fully saturated rings. The van der Waals surface area contributed by atoms with E-state index in [9.17, 15) is 0 Å². The lowest BCUT2D eigenvalue weighted by atomic mass is 9.90. The molecule has 0 saturated heterocycles. The molecule has 21 heavy (non-hydrogen) atoms. The van der Waals surface area contributed by atoms with E-state index in [1.165, 1.54) is 16.7 Å². The average molecular weight is 302 g/mol. The summed E-state index contributed by atoms with van der Waals surface area (Å²) in [5.74, 6) is 0. The summed E-state index contributed by atoms with van der Waals surface area (Å²) >= 11 is 6.10. The zero-order valence-electron chi connectivity index (χ0n) is 12.2. The van der Waals surface area contributed by atoms with E-state index in [1.54, 1.807) is 0 Å². The van der Waals surface area contributed by atoms with Crippen LogP contribution in [0, 0.1) is 6.92 Å². The number of aryl methyl sites for hydroxylation is 1. The lowest BCUT2D eigenvalue weighted by Gasteiger charge is -2.28. The van der Waals surface area contributed by atoms with Crippen molar-refractivity contribution in [3.63, 3.8) is 0 Å². The van der Waals surface area contributed by atoms with Crippen LogP contribution < -0.4 is 5.73 Å². The first-order valence-electron chi connectivity index (χ1n) is 7.36. The van der Waals surface area contributed by atoms with Crippen LogP contribution in [0.4, 0.5) is 0 Å². The van der Waals surface area contributed by atoms with Crippen molar-refractivity contribution in [2.45, 2.75) is 31.9 Å². The number of halogens is 1. The summed E-state index contributed by atoms with van der Waals surface area (Å²) < 4.78 is 5.95. The minimum absolute atomic E-state index is 0.0696. The summed E-state index contributed by atoms with van der Waals surface area (Å²) in [6.07, 6.45) is 1.83. The molecule has 3 heteroatoms. The first kappa shape index (κ1) is 14.6. The van der Waals surface area contributed by atoms with Crippen LogP contribution in [0.25, 0.3) is 0 Å². The molecule has 0 aromatic heterocycles. The van der Waals surface area contributed by atoms with Gasteiger partial charge in [0.25, 0.3) is 0 Å². The van der Waals surface area contributed by atoms with Crippen molar-refractivity contribution >= 4 is 11.6 Å². The first-order chi connectivity index (χ1) is 10.1. The highest BCUT2D eigenvalue weighted by Crippen LogP contribution is 2.34. The third kappa shape index (κ3) is 3.13. The van der Waals surface area contributed by atoms with Crippen LogP contribution >= 0.6 is 11.6 Å². The van der Waals surface area contributed by atoms with Crippen molar-refractivity contribution in [3.8, 4) is 0 Å². The maximum atomic E-state index is 6.41. The fourth-order valence-corrected chi connectivity index (χ4v) is 3.22. The number of fused-ring (bicyclic) bond motifs is 1. The molecule has 0 radical (unpaired) electrons. The van der Waals surface area contributed by atoms with Gasteiger partial charge in [0, 0.05) is 11.1 Å². The van der Waals surface area contributed by atoms with Gasteiger partial charge in [0.1, 0.15) is 0 Å². The van der Waals surface area contributed by atoms with E-state index in [0.717, 1.165) is 30.0 Å². The van der Waals surface area contributed by atoms with Gasteiger partial charge in [-0.3, -0.25) is 0 Å². The quantitative estimate of drug-likeness (QED) is 0.914. The van der Waals surface area contributed by atoms with Gasteiger partial charge < -0.3 is 10.5 Å². The third-order valence-electron chi connectivity index (χ3n) is 4.20. The zero-order chi connectivity index (χ0) is 14.8. The van der Waals surface area contributed by atoms with Gasteiger partial charge in [-0.25, -0.2) is 0 Å². The molecule has 2 unspecified atom stereocenters. The maximum absolute atomic E-state index is 6.41. The number of ether oxygens (including phenoxy) is 1. The number of rotatable bonds is 3. The molecule has 0 spiro atoms. The Morgan fingerprint density at radius 2 is 2.10 bits per heavy atom. The van der Waals surface area contributed by atoms with Crippen LogP contribution in [-0.2, 0) is 11.2 Å². The van der Waals surface area contributed by atoms with Gasteiger partial charge in [0.15, 0.2) is 0 Å². The molecule has 0 saturated carbocycles. The SMILES string of the molecule is Cc1ccc(Cl)cc1C(N)CC1OCCc2ccccc21. The van der Waals surface area contributed by atoms with E-state index >= 15 is 0 Å². The molecule has 2 aromatic rings. The molecule has 1 heterocycles. The number of hydrogen-bond acceptors (Lipinski definition) is 2. The summed E-state index contributed by atoms with van der Waals surface area (Å²) in [6.45, 7) is 2.84. The maximum Gasteiger partial charge on any atom is 0.0845 e. The summed E-state index contributed by atoms with van der Waals surface area (Å²) in [7, 11) is 0. The Morgan fingerprint density at radius 3 is 2.95 bits per heavy atom. The minimum Gasteiger partial charge on any atom is -0.373 e. The largest absolute Gasteiger partial charge is 0.373 e. The second-order valence-electron chi connectivity index (χ2n) is 5.65. The first-order valence-corrected chi connectivity index (χ1v) is 7.74. The molecular formula is C18H20ClNO. The van der Waals surface area contributed by atoms with Crippen molar-refractivity contribution in [2.75, 3.05) is 6.61 Å². The molecule has 2 N–H and O–H groups in total. The van der Waals surface area contributed by atoms with Crippen LogP contribution in [0.15, 0.2) is 42.5 Å². The normalized spacial score (nSPS) is 19.1. The predicted octanol–water partition coefficient (Wildman–Crippen LogP) is 4.35. The molecule has 0 aliphatic carbocycles. The molecule has 110 valence electrons. The van der Waals surface area contributed by atoms with Crippen molar-refractivity contribution in [1.82, 2.24) is 0 Å². The smallest absolute Gasteiger partial charge is 0.0845 e. The average Bonchev–Trinajstić information content (AvgIpc) is 2.50. The molecule has 1 aliphatic rings. The minimum atomic E-state index is -0.0696. The molecule has 3 rings (SSSR count). The fourth-order valence-electron chi connectivity index (χ4n) is 3.04. The number of benzene rings is 2. The lowest BCUT2D eigenvalue weighted by Crippen LogP contribution is -2.22. The van der Waals surface area contributed by atoms with Crippen LogP contribution in [0.2, 0.25) is 5.02 Å². The highest BCUT2D eigenvalue weighted by molar-refractivity contribution is 6.30. The van der Waals surface area contributed by atoms with Gasteiger partial charge in [-0.15, -0.1) is 0 Å². The molecule has 2 aromatic carbocycles. The Kier molecular flexibility index (Phi) is 4.29. The van der Waals surface area contributed by atoms with E-state index in [0.29, 0.717) is 0 Å². The molecule has 2 atom stereocenters. The predicted molar refractivity (Wildman–Crippen MR) is 86.6 cm³/mol. The Labute approximate surface area is 130 Å². The second kappa shape index (κ2) is 6.18. The van der Waals surface area contributed by atoms with E-state index in [4.69, 9.17) is 22.1 Å². The summed E-state index contributed by atoms with van der Waals surface area (Å²) in [5, 5.41) is 0.732. The third-order valence-corrected chi connectivity index (χ3v) is 4.44. The fraction of sp³-hybridized carbons (Fsp3) is 0.333. The molecule has 0 bridgehead atoms. The van der Waals surface area contributed by atoms with E-state index in [-0.39, 0.29) is 12.1 Å². The van der Waals surface area contributed by atoms with Gasteiger partial charge in [-0.2, -0.15) is 0 Å². The van der Waals surface area contributed by atoms with Crippen molar-refractivity contribution in [1.29, 1.82) is 0 Å². The molecular weight excluding hydrogens is 282 g/mol. The van der Waals surface area contributed by atoms with Crippen LogP contribution in [-0.4, -0.2) is 6.61 Å². The van der Waals surface area contributed by atoms with Gasteiger partial charge in [-0.1, -0.05) is 41.9 Å². The van der Waals surface area contributed by atoms with Crippen LogP contribution in [0.1, 0.15) is 40.8 Å². The molecule has 0 amide bonds. The van der Waals surface area contributed by atoms with E-state index < -0.39 is 0 Å². The summed E-state index contributed by atoms with van der Waals surface area (Å²) in [6, 6.07) is 14.3. The van der Waals surface area contributed by atoms with Gasteiger partial charge in [0.05, 0.1) is 12.7 Å². The Bertz CT molecular complexity index is 641. The molecule has 1 aliphatic heterocycles. The lowest BCUT2D eigenvalue weighted by molar-refractivity contribution is 0.0319. The van der Waals surface area contributed by atoms with E-state index in [1.807, 2.05) is 18.2 Å².